The van der Waals surface area contributed by atoms with Crippen molar-refractivity contribution in [2.24, 2.45) is 11.8 Å². The number of carbonyl (C=O) groups excluding carboxylic acids is 4. The Morgan fingerprint density at radius 2 is 0.388 bits per heavy atom. The molecule has 0 saturated carbocycles. The fraction of sp³-hybridized carbons (Fsp3) is 0.600. The molecule has 0 unspecified atom stereocenters. The predicted molar refractivity (Wildman–Crippen MR) is 552 cm³/mol. The number of fused-ring (bicyclic) bond motifs is 2. The number of ether oxygens (including phenoxy) is 8. The van der Waals surface area contributed by atoms with E-state index >= 15 is 19.2 Å². The molecule has 4 amide bonds. The number of rotatable bonds is 36. The minimum absolute atomic E-state index is 0.0234. The number of hydrogen-bond donors (Lipinski definition) is 0. The maximum Gasteiger partial charge on any atom is 0.262 e. The molecule has 6 aliphatic rings. The molecule has 0 aliphatic carbocycles. The molecule has 0 aromatic heterocycles. The number of hydrogen-bond acceptors (Lipinski definition) is 12. The Balaban J connectivity index is 1.10. The van der Waals surface area contributed by atoms with Gasteiger partial charge in [-0.05, 0) is 194 Å². The Bertz CT molecular complexity index is 4560. The third-order valence-electron chi connectivity index (χ3n) is 30.2. The van der Waals surface area contributed by atoms with Crippen LogP contribution in [0.1, 0.15) is 429 Å². The average Bonchev–Trinajstić information content (AvgIpc) is 0.669. The number of imide groups is 2. The predicted octanol–water partition coefficient (Wildman–Crippen LogP) is 33.8. The Hall–Kier alpha value is -9.04. The first kappa shape index (κ1) is 99.4. The summed E-state index contributed by atoms with van der Waals surface area (Å²) in [6.45, 7) is 13.0. The normalized spacial score (nSPS) is 17.0. The summed E-state index contributed by atoms with van der Waals surface area (Å²) in [6.07, 6.45) is 58.7. The van der Waals surface area contributed by atoms with Crippen molar-refractivity contribution >= 4 is 66.7 Å². The van der Waals surface area contributed by atoms with Crippen LogP contribution in [0.5, 0.6) is 46.0 Å². The highest BCUT2D eigenvalue weighted by Gasteiger charge is 2.45. The monoisotopic (exact) mass is 1820 g/mol. The van der Waals surface area contributed by atoms with Crippen LogP contribution >= 0.6 is 0 Å². The van der Waals surface area contributed by atoms with Gasteiger partial charge in [0.25, 0.3) is 23.6 Å². The van der Waals surface area contributed by atoms with Crippen molar-refractivity contribution in [3.8, 4) is 90.5 Å². The third kappa shape index (κ3) is 24.9. The molecule has 9 aromatic carbocycles. The van der Waals surface area contributed by atoms with E-state index in [1.807, 2.05) is 24.3 Å². The zero-order valence-electron chi connectivity index (χ0n) is 82.9. The lowest BCUT2D eigenvalue weighted by Gasteiger charge is -2.36. The van der Waals surface area contributed by atoms with Gasteiger partial charge in [0.1, 0.15) is 46.0 Å². The van der Waals surface area contributed by atoms with Crippen LogP contribution in [0.2, 0.25) is 0 Å². The van der Waals surface area contributed by atoms with E-state index in [1.165, 1.54) is 103 Å². The van der Waals surface area contributed by atoms with E-state index in [-0.39, 0.29) is 48.6 Å². The van der Waals surface area contributed by atoms with E-state index in [0.29, 0.717) is 187 Å². The van der Waals surface area contributed by atoms with Gasteiger partial charge in [-0.15, -0.1) is 0 Å². The maximum atomic E-state index is 18.0. The number of unbranched alkanes of at least 4 members (excludes halogenated alkanes) is 24. The first-order valence-corrected chi connectivity index (χ1v) is 54.8. The Morgan fingerprint density at radius 1 is 0.216 bits per heavy atom. The number of carbonyl (C=O) groups is 4. The number of amides is 4. The highest BCUT2D eigenvalue weighted by molar-refractivity contribution is 6.45. The molecule has 6 heterocycles. The zero-order valence-corrected chi connectivity index (χ0v) is 82.9. The second kappa shape index (κ2) is 52.5. The Morgan fingerprint density at radius 3 is 0.575 bits per heavy atom. The van der Waals surface area contributed by atoms with Crippen LogP contribution in [0.3, 0.4) is 0 Å². The quantitative estimate of drug-likeness (QED) is 0.0159. The summed E-state index contributed by atoms with van der Waals surface area (Å²) in [5.41, 5.74) is 6.57. The average molecular weight is 1820 g/mol. The first-order chi connectivity index (χ1) is 66.2. The van der Waals surface area contributed by atoms with Gasteiger partial charge >= 0.3 is 0 Å². The van der Waals surface area contributed by atoms with E-state index in [2.05, 4.69) is 100 Å². The molecule has 724 valence electrons. The standard InChI is InChI=1S/C120H162N2O12/c1-5-9-13-17-21-23-35-47-63-87(61-45-33-19-15-11-7-3)85-121-117(123)111-93-81-89-91-83-95-109-101-69-59-70-102(109)132-78-54-42-30-32-44-56-80-134-104-72-60-71-103(133-79-55-43-31-29-41-53-77-131-101)110(104)96-84-92(106(91)116-113(95)119(125)122(120(126)114(96)116)86-88(62-46-34-20-16-12-8-4)64-48-36-24-22-18-14-10-6-2)90-82-94(112(118(121)124)115(111)105(89)90)108-98-66-58-68-100(108)130-76-52-40-28-27-39-51-75-129-99-67-57-65-97(107(93)99)127-73-49-37-25-26-38-50-74-128-98/h57-60,65-72,81-84,87-88H,5-56,61-64,73-80,85-86H2,1-4H3/t87-,88+. The molecule has 14 heteroatoms. The highest BCUT2D eigenvalue weighted by atomic mass is 16.5. The van der Waals surface area contributed by atoms with Crippen LogP contribution in [0.4, 0.5) is 0 Å². The molecule has 0 saturated heterocycles. The fourth-order valence-electron chi connectivity index (χ4n) is 22.8. The van der Waals surface area contributed by atoms with E-state index in [0.717, 1.165) is 278 Å². The molecule has 9 aromatic rings. The molecule has 0 fully saturated rings. The SMILES string of the molecule is CCCCCCCCCC[C@@H](CCCCCCCC)CN1C(=O)c2c3cc4c5cc6c7c8c(c(cc(c9cc(c(c2c49)C1=O)-c1c2cccc1OCCCCCCCCOc1cccc(c1-3)OCCCCCCCCO2)c85)-c1c2cccc1OCCCCCCCCOc1cccc(c1-6)OCCCCCCCCO2)C(=O)N(C[C@@H](CCCCCCCC)CCCCCCCCCC)C7=O. The fourth-order valence-corrected chi connectivity index (χ4v) is 22.8. The Kier molecular flexibility index (Phi) is 39.0. The molecule has 0 radical (unpaired) electrons. The molecule has 0 N–H and O–H groups in total. The van der Waals surface area contributed by atoms with Gasteiger partial charge in [-0.25, -0.2) is 0 Å². The van der Waals surface area contributed by atoms with E-state index in [9.17, 15) is 0 Å². The molecule has 6 aliphatic heterocycles. The van der Waals surface area contributed by atoms with E-state index in [1.54, 1.807) is 9.80 Å². The van der Waals surface area contributed by atoms with Crippen LogP contribution in [-0.4, -0.2) is 99.4 Å². The van der Waals surface area contributed by atoms with Crippen LogP contribution in [0.15, 0.2) is 97.1 Å². The largest absolute Gasteiger partial charge is 0.493 e. The van der Waals surface area contributed by atoms with Crippen molar-refractivity contribution in [2.45, 2.75) is 387 Å². The zero-order chi connectivity index (χ0) is 92.4. The molecule has 134 heavy (non-hydrogen) atoms. The molecular weight excluding hydrogens is 1660 g/mol. The summed E-state index contributed by atoms with van der Waals surface area (Å²) in [5, 5.41) is 5.42. The van der Waals surface area contributed by atoms with Crippen LogP contribution in [0.25, 0.3) is 87.6 Å². The summed E-state index contributed by atoms with van der Waals surface area (Å²) in [6, 6.07) is 33.6. The summed E-state index contributed by atoms with van der Waals surface area (Å²) in [5.74, 6) is 3.40. The van der Waals surface area contributed by atoms with Crippen molar-refractivity contribution in [1.82, 2.24) is 9.80 Å². The first-order valence-electron chi connectivity index (χ1n) is 54.8. The summed E-state index contributed by atoms with van der Waals surface area (Å²) >= 11 is 0. The van der Waals surface area contributed by atoms with Gasteiger partial charge < -0.3 is 37.9 Å². The summed E-state index contributed by atoms with van der Waals surface area (Å²) < 4.78 is 58.9. The van der Waals surface area contributed by atoms with Crippen LogP contribution < -0.4 is 37.9 Å². The second-order valence-electron chi connectivity index (χ2n) is 40.5. The van der Waals surface area contributed by atoms with Gasteiger partial charge in [-0.1, -0.05) is 334 Å². The van der Waals surface area contributed by atoms with Crippen molar-refractivity contribution < 1.29 is 57.1 Å². The summed E-state index contributed by atoms with van der Waals surface area (Å²) in [4.78, 5) is 75.4. The molecular formula is C120H162N2O12. The molecule has 14 nitrogen and oxygen atoms in total. The molecule has 15 rings (SSSR count). The van der Waals surface area contributed by atoms with Crippen LogP contribution in [-0.2, 0) is 0 Å². The topological polar surface area (TPSA) is 149 Å². The van der Waals surface area contributed by atoms with E-state index < -0.39 is 0 Å². The van der Waals surface area contributed by atoms with Gasteiger partial charge in [-0.2, -0.15) is 0 Å². The van der Waals surface area contributed by atoms with Gasteiger partial charge in [0.2, 0.25) is 0 Å². The van der Waals surface area contributed by atoms with Crippen molar-refractivity contribution in [1.29, 1.82) is 0 Å². The minimum atomic E-state index is -0.353. The van der Waals surface area contributed by atoms with Gasteiger partial charge in [0.15, 0.2) is 0 Å². The van der Waals surface area contributed by atoms with Crippen molar-refractivity contribution in [3.05, 3.63) is 119 Å². The van der Waals surface area contributed by atoms with Gasteiger partial charge in [0.05, 0.1) is 97.4 Å². The molecule has 2 atom stereocenters. The molecule has 14 bridgehead atoms. The van der Waals surface area contributed by atoms with Crippen LogP contribution in [0, 0.1) is 11.8 Å². The van der Waals surface area contributed by atoms with Gasteiger partial charge in [-0.3, -0.25) is 29.0 Å². The lowest BCUT2D eigenvalue weighted by molar-refractivity contribution is 0.0563. The number of benzene rings is 9. The smallest absolute Gasteiger partial charge is 0.262 e. The van der Waals surface area contributed by atoms with E-state index in [4.69, 9.17) is 37.9 Å². The van der Waals surface area contributed by atoms with Crippen molar-refractivity contribution in [2.75, 3.05) is 65.9 Å². The lowest BCUT2D eigenvalue weighted by Crippen LogP contribution is -2.44. The van der Waals surface area contributed by atoms with Crippen molar-refractivity contribution in [3.63, 3.8) is 0 Å². The summed E-state index contributed by atoms with van der Waals surface area (Å²) in [7, 11) is 0. The third-order valence-corrected chi connectivity index (χ3v) is 30.2. The second-order valence-corrected chi connectivity index (χ2v) is 40.5. The Labute approximate surface area is 803 Å². The molecule has 0 spiro atoms. The highest BCUT2D eigenvalue weighted by Crippen LogP contribution is 2.59. The van der Waals surface area contributed by atoms with Gasteiger partial charge in [0, 0.05) is 46.1 Å². The minimum Gasteiger partial charge on any atom is -0.493 e. The number of nitrogens with zero attached hydrogens (tertiary/aromatic N) is 2. The maximum absolute atomic E-state index is 18.0. The lowest BCUT2D eigenvalue weighted by atomic mass is 9.75.